The molecule has 1 fully saturated rings. The van der Waals surface area contributed by atoms with Gasteiger partial charge in [0.15, 0.2) is 5.11 Å². The Morgan fingerprint density at radius 3 is 2.35 bits per heavy atom. The molecule has 0 unspecified atom stereocenters. The lowest BCUT2D eigenvalue weighted by Crippen LogP contribution is -2.54. The highest BCUT2D eigenvalue weighted by Gasteiger charge is 2.34. The Morgan fingerprint density at radius 1 is 0.968 bits per heavy atom. The molecule has 0 aromatic heterocycles. The molecule has 0 saturated carbocycles. The van der Waals surface area contributed by atoms with E-state index in [1.54, 1.807) is 36.4 Å². The number of carbonyl (C=O) groups excluding carboxylic acids is 2. The molecule has 1 saturated heterocycles. The molecule has 3 aromatic rings. The molecule has 31 heavy (non-hydrogen) atoms. The van der Waals surface area contributed by atoms with Crippen LogP contribution in [0.3, 0.4) is 0 Å². The van der Waals surface area contributed by atoms with Gasteiger partial charge in [0.2, 0.25) is 0 Å². The Labute approximate surface area is 196 Å². The summed E-state index contributed by atoms with van der Waals surface area (Å²) in [6.07, 6.45) is 1.23. The van der Waals surface area contributed by atoms with Crippen molar-refractivity contribution in [3.63, 3.8) is 0 Å². The molecule has 2 amide bonds. The number of thiocarbonyl (C=S) groups is 1. The van der Waals surface area contributed by atoms with Gasteiger partial charge < -0.3 is 4.74 Å². The van der Waals surface area contributed by atoms with Crippen LogP contribution < -0.4 is 15.0 Å². The van der Waals surface area contributed by atoms with Crippen molar-refractivity contribution in [1.82, 2.24) is 5.32 Å². The highest BCUT2D eigenvalue weighted by Crippen LogP contribution is 2.27. The highest BCUT2D eigenvalue weighted by molar-refractivity contribution is 14.1. The molecule has 8 heteroatoms. The molecule has 3 aromatic carbocycles. The van der Waals surface area contributed by atoms with Crippen LogP contribution in [0.5, 0.6) is 11.5 Å². The Balaban J connectivity index is 1.62. The summed E-state index contributed by atoms with van der Waals surface area (Å²) in [5.41, 5.74) is 0.383. The Bertz CT molecular complexity index is 1210. The monoisotopic (exact) mass is 544 g/mol. The van der Waals surface area contributed by atoms with Gasteiger partial charge in [-0.2, -0.15) is 0 Å². The molecule has 1 aliphatic rings. The number of carbonyl (C=O) groups is 2. The van der Waals surface area contributed by atoms with Crippen LogP contribution in [-0.2, 0) is 9.59 Å². The van der Waals surface area contributed by atoms with Crippen LogP contribution in [0.4, 0.5) is 10.1 Å². The van der Waals surface area contributed by atoms with Crippen LogP contribution in [0, 0.1) is 9.39 Å². The molecule has 1 aliphatic heterocycles. The van der Waals surface area contributed by atoms with Crippen LogP contribution in [-0.4, -0.2) is 16.9 Å². The summed E-state index contributed by atoms with van der Waals surface area (Å²) >= 11 is 7.23. The van der Waals surface area contributed by atoms with E-state index in [0.29, 0.717) is 17.2 Å². The molecule has 0 aliphatic carbocycles. The number of para-hydroxylation sites is 1. The predicted molar refractivity (Wildman–Crippen MR) is 128 cm³/mol. The number of nitrogens with one attached hydrogen (secondary N) is 1. The van der Waals surface area contributed by atoms with Gasteiger partial charge >= 0.3 is 0 Å². The zero-order valence-electron chi connectivity index (χ0n) is 15.8. The van der Waals surface area contributed by atoms with Gasteiger partial charge in [-0.05, 0) is 95.5 Å². The van der Waals surface area contributed by atoms with E-state index in [1.807, 2.05) is 52.9 Å². The van der Waals surface area contributed by atoms with Crippen molar-refractivity contribution in [2.45, 2.75) is 0 Å². The van der Waals surface area contributed by atoms with E-state index in [-0.39, 0.29) is 16.2 Å². The van der Waals surface area contributed by atoms with Gasteiger partial charge in [-0.1, -0.05) is 18.2 Å². The minimum Gasteiger partial charge on any atom is -0.457 e. The minimum atomic E-state index is -0.673. The SMILES string of the molecule is O=C1NC(=S)N(c2ccc(Oc3ccccc3)cc2)C(=O)C1=Cc1cc(I)ccc1F. The van der Waals surface area contributed by atoms with Crippen molar-refractivity contribution < 1.29 is 18.7 Å². The molecule has 5 nitrogen and oxygen atoms in total. The lowest BCUT2D eigenvalue weighted by molar-refractivity contribution is -0.122. The second kappa shape index (κ2) is 8.94. The molecular weight excluding hydrogens is 530 g/mol. The third-order valence-corrected chi connectivity index (χ3v) is 5.39. The molecule has 1 N–H and O–H groups in total. The second-order valence-electron chi connectivity index (χ2n) is 6.53. The summed E-state index contributed by atoms with van der Waals surface area (Å²) in [7, 11) is 0. The first-order valence-electron chi connectivity index (χ1n) is 9.12. The summed E-state index contributed by atoms with van der Waals surface area (Å²) in [4.78, 5) is 26.7. The molecule has 0 spiro atoms. The molecular formula is C23H14FIN2O3S. The number of benzene rings is 3. The number of ether oxygens (including phenoxy) is 1. The maximum absolute atomic E-state index is 14.2. The fourth-order valence-electron chi connectivity index (χ4n) is 2.96. The number of hydrogen-bond donors (Lipinski definition) is 1. The van der Waals surface area contributed by atoms with Gasteiger partial charge in [-0.3, -0.25) is 19.8 Å². The molecule has 0 bridgehead atoms. The third kappa shape index (κ3) is 4.64. The molecule has 154 valence electrons. The summed E-state index contributed by atoms with van der Waals surface area (Å²) < 4.78 is 20.7. The Kier molecular flexibility index (Phi) is 6.10. The fraction of sp³-hybridized carbons (Fsp3) is 0. The van der Waals surface area contributed by atoms with Gasteiger partial charge in [0.05, 0.1) is 5.69 Å². The van der Waals surface area contributed by atoms with Crippen LogP contribution in [0.1, 0.15) is 5.56 Å². The molecule has 1 heterocycles. The summed E-state index contributed by atoms with van der Waals surface area (Å²) in [5.74, 6) is -0.587. The average Bonchev–Trinajstić information content (AvgIpc) is 2.75. The highest BCUT2D eigenvalue weighted by atomic mass is 127. The lowest BCUT2D eigenvalue weighted by atomic mass is 10.1. The average molecular weight is 544 g/mol. The first-order valence-corrected chi connectivity index (χ1v) is 10.6. The summed E-state index contributed by atoms with van der Waals surface area (Å²) in [5, 5.41) is 2.44. The van der Waals surface area contributed by atoms with E-state index in [4.69, 9.17) is 17.0 Å². The standard InChI is InChI=1S/C23H14FIN2O3S/c24-20-11-6-15(25)12-14(20)13-19-21(28)26-23(31)27(22(19)29)16-7-9-18(10-8-16)30-17-4-2-1-3-5-17/h1-13H,(H,26,28,31). The van der Waals surface area contributed by atoms with Crippen LogP contribution in [0.2, 0.25) is 0 Å². The van der Waals surface area contributed by atoms with Crippen molar-refractivity contribution in [2.75, 3.05) is 4.90 Å². The predicted octanol–water partition coefficient (Wildman–Crippen LogP) is 5.05. The van der Waals surface area contributed by atoms with Gasteiger partial charge in [-0.15, -0.1) is 0 Å². The third-order valence-electron chi connectivity index (χ3n) is 4.43. The number of hydrogen-bond acceptors (Lipinski definition) is 4. The van der Waals surface area contributed by atoms with Crippen LogP contribution in [0.25, 0.3) is 6.08 Å². The van der Waals surface area contributed by atoms with Gasteiger partial charge in [0, 0.05) is 9.13 Å². The molecule has 0 atom stereocenters. The van der Waals surface area contributed by atoms with Crippen LogP contribution in [0.15, 0.2) is 78.4 Å². The summed E-state index contributed by atoms with van der Waals surface area (Å²) in [6, 6.07) is 20.4. The zero-order valence-corrected chi connectivity index (χ0v) is 18.8. The van der Waals surface area contributed by atoms with Crippen molar-refractivity contribution in [2.24, 2.45) is 0 Å². The quantitative estimate of drug-likeness (QED) is 0.216. The second-order valence-corrected chi connectivity index (χ2v) is 8.17. The van der Waals surface area contributed by atoms with E-state index in [9.17, 15) is 14.0 Å². The summed E-state index contributed by atoms with van der Waals surface area (Å²) in [6.45, 7) is 0. The van der Waals surface area contributed by atoms with E-state index in [2.05, 4.69) is 5.32 Å². The van der Waals surface area contributed by atoms with Crippen molar-refractivity contribution in [3.8, 4) is 11.5 Å². The smallest absolute Gasteiger partial charge is 0.270 e. The first-order chi connectivity index (χ1) is 14.9. The maximum atomic E-state index is 14.2. The van der Waals surface area contributed by atoms with Gasteiger partial charge in [0.1, 0.15) is 22.9 Å². The van der Waals surface area contributed by atoms with E-state index >= 15 is 0 Å². The number of anilines is 1. The maximum Gasteiger partial charge on any atom is 0.270 e. The lowest BCUT2D eigenvalue weighted by Gasteiger charge is -2.29. The minimum absolute atomic E-state index is 0.0491. The number of rotatable bonds is 4. The Morgan fingerprint density at radius 2 is 1.65 bits per heavy atom. The van der Waals surface area contributed by atoms with Crippen molar-refractivity contribution >= 4 is 63.5 Å². The first kappa shape index (κ1) is 21.1. The van der Waals surface area contributed by atoms with Gasteiger partial charge in [0.25, 0.3) is 11.8 Å². The molecule has 4 rings (SSSR count). The number of nitrogens with zero attached hydrogens (tertiary/aromatic N) is 1. The number of halogens is 2. The van der Waals surface area contributed by atoms with E-state index < -0.39 is 17.6 Å². The van der Waals surface area contributed by atoms with Crippen LogP contribution >= 0.6 is 34.8 Å². The molecule has 0 radical (unpaired) electrons. The van der Waals surface area contributed by atoms with Crippen molar-refractivity contribution in [1.29, 1.82) is 0 Å². The Hall–Kier alpha value is -3.11. The van der Waals surface area contributed by atoms with Gasteiger partial charge in [-0.25, -0.2) is 4.39 Å². The topological polar surface area (TPSA) is 58.6 Å². The zero-order chi connectivity index (χ0) is 22.0. The fourth-order valence-corrected chi connectivity index (χ4v) is 3.76. The van der Waals surface area contributed by atoms with E-state index in [1.165, 1.54) is 17.0 Å². The van der Waals surface area contributed by atoms with E-state index in [0.717, 1.165) is 3.57 Å². The normalized spacial score (nSPS) is 15.2. The number of amides is 2. The largest absolute Gasteiger partial charge is 0.457 e. The van der Waals surface area contributed by atoms with Crippen molar-refractivity contribution in [3.05, 3.63) is 93.3 Å².